The van der Waals surface area contributed by atoms with E-state index in [0.29, 0.717) is 28.3 Å². The molecule has 6 heteroatoms. The maximum Gasteiger partial charge on any atom is 0.257 e. The number of H-pyrrole nitrogens is 1. The van der Waals surface area contributed by atoms with Crippen LogP contribution in [-0.4, -0.2) is 22.9 Å². The number of nitrogens with zero attached hydrogens (tertiary/aromatic N) is 2. The molecule has 0 spiro atoms. The summed E-state index contributed by atoms with van der Waals surface area (Å²) in [5.74, 6) is 0.242. The SMILES string of the molecule is Cc1cc(=O)[nH]c(-c2cccc(NC(=O)c3ccccc3N(C)c3ccccc3)c2)n1. The first-order valence-corrected chi connectivity index (χ1v) is 9.89. The molecule has 1 aromatic heterocycles. The zero-order chi connectivity index (χ0) is 21.8. The van der Waals surface area contributed by atoms with Gasteiger partial charge in [0.2, 0.25) is 0 Å². The van der Waals surface area contributed by atoms with Gasteiger partial charge in [-0.1, -0.05) is 42.5 Å². The third kappa shape index (κ3) is 4.53. The van der Waals surface area contributed by atoms with E-state index in [1.807, 2.05) is 72.6 Å². The highest BCUT2D eigenvalue weighted by Gasteiger charge is 2.15. The summed E-state index contributed by atoms with van der Waals surface area (Å²) in [6, 6.07) is 26.0. The molecule has 31 heavy (non-hydrogen) atoms. The number of aromatic amines is 1. The van der Waals surface area contributed by atoms with Crippen molar-refractivity contribution < 1.29 is 4.79 Å². The van der Waals surface area contributed by atoms with Crippen LogP contribution in [0.2, 0.25) is 0 Å². The Morgan fingerprint density at radius 1 is 0.935 bits per heavy atom. The fraction of sp³-hybridized carbons (Fsp3) is 0.0800. The highest BCUT2D eigenvalue weighted by Crippen LogP contribution is 2.28. The molecule has 0 atom stereocenters. The van der Waals surface area contributed by atoms with Crippen LogP contribution in [-0.2, 0) is 0 Å². The molecule has 4 aromatic rings. The van der Waals surface area contributed by atoms with Crippen LogP contribution in [0.15, 0.2) is 89.7 Å². The van der Waals surface area contributed by atoms with Crippen molar-refractivity contribution in [2.75, 3.05) is 17.3 Å². The quantitative estimate of drug-likeness (QED) is 0.497. The average molecular weight is 410 g/mol. The molecule has 154 valence electrons. The Hall–Kier alpha value is -4.19. The number of anilines is 3. The van der Waals surface area contributed by atoms with E-state index >= 15 is 0 Å². The lowest BCUT2D eigenvalue weighted by Crippen LogP contribution is -2.18. The Bertz CT molecular complexity index is 1280. The normalized spacial score (nSPS) is 10.5. The van der Waals surface area contributed by atoms with E-state index in [1.165, 1.54) is 6.07 Å². The van der Waals surface area contributed by atoms with E-state index in [9.17, 15) is 9.59 Å². The van der Waals surface area contributed by atoms with Crippen molar-refractivity contribution in [3.05, 3.63) is 107 Å². The summed E-state index contributed by atoms with van der Waals surface area (Å²) >= 11 is 0. The number of nitrogens with one attached hydrogen (secondary N) is 2. The second-order valence-electron chi connectivity index (χ2n) is 7.18. The molecular weight excluding hydrogens is 388 g/mol. The van der Waals surface area contributed by atoms with Crippen molar-refractivity contribution >= 4 is 23.0 Å². The smallest absolute Gasteiger partial charge is 0.257 e. The summed E-state index contributed by atoms with van der Waals surface area (Å²) in [5, 5.41) is 2.96. The predicted molar refractivity (Wildman–Crippen MR) is 124 cm³/mol. The molecule has 0 saturated carbocycles. The largest absolute Gasteiger partial charge is 0.344 e. The maximum atomic E-state index is 13.1. The maximum absolute atomic E-state index is 13.1. The molecule has 0 unspecified atom stereocenters. The minimum Gasteiger partial charge on any atom is -0.344 e. The molecule has 0 saturated heterocycles. The monoisotopic (exact) mass is 410 g/mol. The second kappa shape index (κ2) is 8.67. The molecular formula is C25H22N4O2. The molecule has 1 heterocycles. The first kappa shape index (κ1) is 20.1. The number of rotatable bonds is 5. The number of hydrogen-bond donors (Lipinski definition) is 2. The summed E-state index contributed by atoms with van der Waals surface area (Å²) in [7, 11) is 1.93. The van der Waals surface area contributed by atoms with Gasteiger partial charge in [-0.25, -0.2) is 4.98 Å². The highest BCUT2D eigenvalue weighted by molar-refractivity contribution is 6.08. The van der Waals surface area contributed by atoms with Crippen molar-refractivity contribution in [2.24, 2.45) is 0 Å². The van der Waals surface area contributed by atoms with E-state index in [1.54, 1.807) is 25.1 Å². The fourth-order valence-corrected chi connectivity index (χ4v) is 3.41. The van der Waals surface area contributed by atoms with E-state index in [2.05, 4.69) is 15.3 Å². The van der Waals surface area contributed by atoms with Crippen LogP contribution in [0.1, 0.15) is 16.1 Å². The standard InChI is InChI=1S/C25H22N4O2/c1-17-15-23(30)28-24(26-17)18-9-8-10-19(16-18)27-25(31)21-13-6-7-14-22(21)29(2)20-11-4-3-5-12-20/h3-16H,1-2H3,(H,27,31)(H,26,28,30). The minimum absolute atomic E-state index is 0.213. The van der Waals surface area contributed by atoms with Crippen molar-refractivity contribution in [3.63, 3.8) is 0 Å². The van der Waals surface area contributed by atoms with Crippen LogP contribution in [0.5, 0.6) is 0 Å². The number of aryl methyl sites for hydroxylation is 1. The minimum atomic E-state index is -0.221. The zero-order valence-corrected chi connectivity index (χ0v) is 17.3. The third-order valence-corrected chi connectivity index (χ3v) is 4.92. The first-order chi connectivity index (χ1) is 15.0. The van der Waals surface area contributed by atoms with Crippen molar-refractivity contribution in [2.45, 2.75) is 6.92 Å². The van der Waals surface area contributed by atoms with Crippen LogP contribution in [0.25, 0.3) is 11.4 Å². The highest BCUT2D eigenvalue weighted by atomic mass is 16.1. The van der Waals surface area contributed by atoms with E-state index in [-0.39, 0.29) is 11.5 Å². The number of carbonyl (C=O) groups is 1. The Morgan fingerprint density at radius 3 is 2.45 bits per heavy atom. The van der Waals surface area contributed by atoms with E-state index < -0.39 is 0 Å². The first-order valence-electron chi connectivity index (χ1n) is 9.89. The number of amides is 1. The lowest BCUT2D eigenvalue weighted by molar-refractivity contribution is 0.102. The fourth-order valence-electron chi connectivity index (χ4n) is 3.41. The summed E-state index contributed by atoms with van der Waals surface area (Å²) < 4.78 is 0. The molecule has 0 radical (unpaired) electrons. The molecule has 2 N–H and O–H groups in total. The van der Waals surface area contributed by atoms with Crippen LogP contribution in [0, 0.1) is 6.92 Å². The van der Waals surface area contributed by atoms with Gasteiger partial charge in [0.1, 0.15) is 5.82 Å². The summed E-state index contributed by atoms with van der Waals surface area (Å²) in [6.07, 6.45) is 0. The molecule has 6 nitrogen and oxygen atoms in total. The lowest BCUT2D eigenvalue weighted by Gasteiger charge is -2.22. The number of para-hydroxylation sites is 2. The van der Waals surface area contributed by atoms with Gasteiger partial charge in [-0.05, 0) is 43.3 Å². The Balaban J connectivity index is 1.62. The molecule has 0 fully saturated rings. The summed E-state index contributed by atoms with van der Waals surface area (Å²) in [4.78, 5) is 34.0. The third-order valence-electron chi connectivity index (χ3n) is 4.92. The average Bonchev–Trinajstić information content (AvgIpc) is 2.79. The molecule has 0 aliphatic rings. The van der Waals surface area contributed by atoms with Crippen molar-refractivity contribution in [1.82, 2.24) is 9.97 Å². The number of hydrogen-bond acceptors (Lipinski definition) is 4. The topological polar surface area (TPSA) is 78.1 Å². The summed E-state index contributed by atoms with van der Waals surface area (Å²) in [6.45, 7) is 1.77. The van der Waals surface area contributed by atoms with Gasteiger partial charge in [0.15, 0.2) is 0 Å². The van der Waals surface area contributed by atoms with Gasteiger partial charge < -0.3 is 15.2 Å². The van der Waals surface area contributed by atoms with Crippen LogP contribution in [0.3, 0.4) is 0 Å². The number of aromatic nitrogens is 2. The van der Waals surface area contributed by atoms with Crippen LogP contribution >= 0.6 is 0 Å². The van der Waals surface area contributed by atoms with E-state index in [0.717, 1.165) is 11.4 Å². The van der Waals surface area contributed by atoms with Crippen LogP contribution in [0.4, 0.5) is 17.1 Å². The van der Waals surface area contributed by atoms with Gasteiger partial charge in [-0.2, -0.15) is 0 Å². The van der Waals surface area contributed by atoms with Gasteiger partial charge in [0.25, 0.3) is 11.5 Å². The molecule has 4 rings (SSSR count). The molecule has 0 aliphatic heterocycles. The summed E-state index contributed by atoms with van der Waals surface area (Å²) in [5.41, 5.74) is 4.09. The van der Waals surface area contributed by atoms with Gasteiger partial charge in [0.05, 0.1) is 11.3 Å². The number of carbonyl (C=O) groups excluding carboxylic acids is 1. The van der Waals surface area contributed by atoms with Gasteiger partial charge in [0, 0.05) is 35.7 Å². The van der Waals surface area contributed by atoms with Gasteiger partial charge in [-0.15, -0.1) is 0 Å². The Labute approximate surface area is 180 Å². The molecule has 1 amide bonds. The van der Waals surface area contributed by atoms with Gasteiger partial charge in [-0.3, -0.25) is 9.59 Å². The molecule has 3 aromatic carbocycles. The second-order valence-corrected chi connectivity index (χ2v) is 7.18. The Kier molecular flexibility index (Phi) is 5.62. The Morgan fingerprint density at radius 2 is 1.68 bits per heavy atom. The zero-order valence-electron chi connectivity index (χ0n) is 17.3. The predicted octanol–water partition coefficient (Wildman–Crippen LogP) is 4.77. The van der Waals surface area contributed by atoms with Crippen molar-refractivity contribution in [1.29, 1.82) is 0 Å². The van der Waals surface area contributed by atoms with Gasteiger partial charge >= 0.3 is 0 Å². The van der Waals surface area contributed by atoms with Crippen molar-refractivity contribution in [3.8, 4) is 11.4 Å². The molecule has 0 bridgehead atoms. The van der Waals surface area contributed by atoms with E-state index in [4.69, 9.17) is 0 Å². The van der Waals surface area contributed by atoms with Crippen LogP contribution < -0.4 is 15.8 Å². The molecule has 0 aliphatic carbocycles. The lowest BCUT2D eigenvalue weighted by atomic mass is 10.1. The number of benzene rings is 3.